The summed E-state index contributed by atoms with van der Waals surface area (Å²) >= 11 is 0. The monoisotopic (exact) mass is 365 g/mol. The average molecular weight is 366 g/mol. The molecule has 2 aliphatic rings. The van der Waals surface area contributed by atoms with Crippen molar-refractivity contribution < 1.29 is 5.11 Å². The molecule has 0 aromatic carbocycles. The summed E-state index contributed by atoms with van der Waals surface area (Å²) in [6.07, 6.45) is 21.6. The van der Waals surface area contributed by atoms with Gasteiger partial charge in [0.15, 0.2) is 0 Å². The lowest BCUT2D eigenvalue weighted by Gasteiger charge is -2.43. The number of hydrogen-bond acceptors (Lipinski definition) is 2. The first-order valence-corrected chi connectivity index (χ1v) is 9.85. The third-order valence-electron chi connectivity index (χ3n) is 5.45. The Kier molecular flexibility index (Phi) is 6.41. The zero-order valence-corrected chi connectivity index (χ0v) is 17.8. The van der Waals surface area contributed by atoms with Crippen molar-refractivity contribution in [2.24, 2.45) is 10.8 Å². The van der Waals surface area contributed by atoms with Crippen molar-refractivity contribution >= 4 is 0 Å². The Labute approximate surface area is 165 Å². The Hall–Kier alpha value is -2.22. The van der Waals surface area contributed by atoms with Crippen LogP contribution in [-0.2, 0) is 0 Å². The standard InChI is InChI=1S/C25H35NO/c1-19(27)23-18-26(20(2)24(3,4)5)22(17-25(23,6)7)16-15-21-13-11-9-8-10-12-14-21/h8-9,11,13-18,20,27H,1,10,12H2,2-7H3/b9-8+,13-11-,16-15+,21-14+. The van der Waals surface area contributed by atoms with E-state index in [-0.39, 0.29) is 22.6 Å². The number of hydrogen-bond donors (Lipinski definition) is 1. The molecule has 0 fully saturated rings. The Morgan fingerprint density at radius 3 is 2.56 bits per heavy atom. The Morgan fingerprint density at radius 1 is 1.22 bits per heavy atom. The molecule has 1 unspecified atom stereocenters. The predicted molar refractivity (Wildman–Crippen MR) is 117 cm³/mol. The van der Waals surface area contributed by atoms with E-state index in [1.807, 2.05) is 0 Å². The van der Waals surface area contributed by atoms with Crippen LogP contribution < -0.4 is 0 Å². The second-order valence-electron chi connectivity index (χ2n) is 9.13. The number of aliphatic hydroxyl groups excluding tert-OH is 1. The van der Waals surface area contributed by atoms with Crippen molar-refractivity contribution in [2.75, 3.05) is 0 Å². The number of allylic oxidation sites excluding steroid dienone is 10. The van der Waals surface area contributed by atoms with Crippen molar-refractivity contribution in [2.45, 2.75) is 60.4 Å². The lowest BCUT2D eigenvalue weighted by molar-refractivity contribution is 0.189. The van der Waals surface area contributed by atoms with Gasteiger partial charge in [-0.05, 0) is 36.8 Å². The summed E-state index contributed by atoms with van der Waals surface area (Å²) in [6, 6.07) is 0.267. The fourth-order valence-corrected chi connectivity index (χ4v) is 3.30. The van der Waals surface area contributed by atoms with Crippen molar-refractivity contribution in [1.29, 1.82) is 0 Å². The van der Waals surface area contributed by atoms with Crippen LogP contribution in [-0.4, -0.2) is 16.0 Å². The largest absolute Gasteiger partial charge is 0.508 e. The second-order valence-corrected chi connectivity index (χ2v) is 9.13. The first kappa shape index (κ1) is 21.1. The van der Waals surface area contributed by atoms with Gasteiger partial charge in [-0.3, -0.25) is 0 Å². The molecule has 0 aromatic rings. The Balaban J connectivity index is 2.42. The van der Waals surface area contributed by atoms with E-state index in [9.17, 15) is 5.11 Å². The van der Waals surface area contributed by atoms with E-state index in [0.29, 0.717) is 0 Å². The summed E-state index contributed by atoms with van der Waals surface area (Å²) < 4.78 is 0. The van der Waals surface area contributed by atoms with E-state index < -0.39 is 0 Å². The highest BCUT2D eigenvalue weighted by atomic mass is 16.3. The molecule has 0 radical (unpaired) electrons. The van der Waals surface area contributed by atoms with Gasteiger partial charge >= 0.3 is 0 Å². The van der Waals surface area contributed by atoms with Gasteiger partial charge in [-0.1, -0.05) is 83.7 Å². The minimum atomic E-state index is -0.270. The maximum atomic E-state index is 10.1. The zero-order valence-electron chi connectivity index (χ0n) is 17.8. The molecule has 1 aliphatic carbocycles. The van der Waals surface area contributed by atoms with Crippen LogP contribution in [0.3, 0.4) is 0 Å². The number of nitrogens with zero attached hydrogens (tertiary/aromatic N) is 1. The molecule has 0 aromatic heterocycles. The summed E-state index contributed by atoms with van der Waals surface area (Å²) in [4.78, 5) is 2.27. The maximum Gasteiger partial charge on any atom is 0.113 e. The summed E-state index contributed by atoms with van der Waals surface area (Å²) in [5.41, 5.74) is 3.07. The predicted octanol–water partition coefficient (Wildman–Crippen LogP) is 6.99. The van der Waals surface area contributed by atoms with Crippen molar-refractivity contribution in [3.05, 3.63) is 84.0 Å². The molecule has 2 nitrogen and oxygen atoms in total. The second kappa shape index (κ2) is 8.21. The molecule has 0 saturated heterocycles. The van der Waals surface area contributed by atoms with Crippen molar-refractivity contribution in [3.8, 4) is 0 Å². The van der Waals surface area contributed by atoms with Gasteiger partial charge in [0.2, 0.25) is 0 Å². The molecule has 2 rings (SSSR count). The van der Waals surface area contributed by atoms with Crippen molar-refractivity contribution in [1.82, 2.24) is 4.90 Å². The highest BCUT2D eigenvalue weighted by molar-refractivity contribution is 5.43. The molecule has 1 N–H and O–H groups in total. The first-order chi connectivity index (χ1) is 12.5. The Morgan fingerprint density at radius 2 is 1.93 bits per heavy atom. The normalized spacial score (nSPS) is 25.6. The molecular formula is C25H35NO. The van der Waals surface area contributed by atoms with Gasteiger partial charge in [-0.25, -0.2) is 0 Å². The third-order valence-corrected chi connectivity index (χ3v) is 5.45. The summed E-state index contributed by atoms with van der Waals surface area (Å²) in [6.45, 7) is 17.0. The summed E-state index contributed by atoms with van der Waals surface area (Å²) in [7, 11) is 0. The van der Waals surface area contributed by atoms with Gasteiger partial charge in [0.1, 0.15) is 5.76 Å². The molecule has 0 bridgehead atoms. The lowest BCUT2D eigenvalue weighted by Crippen LogP contribution is -2.40. The molecule has 27 heavy (non-hydrogen) atoms. The molecular weight excluding hydrogens is 330 g/mol. The highest BCUT2D eigenvalue weighted by Gasteiger charge is 2.34. The molecule has 1 aliphatic heterocycles. The van der Waals surface area contributed by atoms with Gasteiger partial charge < -0.3 is 10.0 Å². The van der Waals surface area contributed by atoms with Gasteiger partial charge in [-0.15, -0.1) is 0 Å². The topological polar surface area (TPSA) is 23.5 Å². The van der Waals surface area contributed by atoms with Gasteiger partial charge in [0, 0.05) is 28.9 Å². The molecule has 1 atom stereocenters. The molecule has 1 heterocycles. The minimum Gasteiger partial charge on any atom is -0.508 e. The average Bonchev–Trinajstić information content (AvgIpc) is 2.51. The van der Waals surface area contributed by atoms with Crippen LogP contribution >= 0.6 is 0 Å². The highest BCUT2D eigenvalue weighted by Crippen LogP contribution is 2.41. The SMILES string of the molecule is C=C(O)C1=CN(C(C)C(C)(C)C)C(/C=C/C2=C/CC/C=C/C=C\2)=CC1(C)C. The molecule has 146 valence electrons. The lowest BCUT2D eigenvalue weighted by atomic mass is 9.79. The molecule has 0 spiro atoms. The Bertz CT molecular complexity index is 748. The molecule has 2 heteroatoms. The van der Waals surface area contributed by atoms with E-state index in [1.165, 1.54) is 5.57 Å². The van der Waals surface area contributed by atoms with E-state index in [0.717, 1.165) is 24.1 Å². The van der Waals surface area contributed by atoms with Crippen LogP contribution in [0.5, 0.6) is 0 Å². The van der Waals surface area contributed by atoms with Gasteiger partial charge in [0.25, 0.3) is 0 Å². The smallest absolute Gasteiger partial charge is 0.113 e. The van der Waals surface area contributed by atoms with Crippen LogP contribution in [0, 0.1) is 10.8 Å². The van der Waals surface area contributed by atoms with Crippen LogP contribution in [0.1, 0.15) is 54.4 Å². The van der Waals surface area contributed by atoms with Gasteiger partial charge in [-0.2, -0.15) is 0 Å². The maximum absolute atomic E-state index is 10.1. The fraction of sp³-hybridized carbons (Fsp3) is 0.440. The fourth-order valence-electron chi connectivity index (χ4n) is 3.30. The number of aliphatic hydroxyl groups is 1. The molecule has 0 saturated carbocycles. The van der Waals surface area contributed by atoms with Crippen LogP contribution in [0.4, 0.5) is 0 Å². The van der Waals surface area contributed by atoms with E-state index in [2.05, 4.69) is 108 Å². The molecule has 0 amide bonds. The van der Waals surface area contributed by atoms with Crippen molar-refractivity contribution in [3.63, 3.8) is 0 Å². The van der Waals surface area contributed by atoms with E-state index in [1.54, 1.807) is 0 Å². The van der Waals surface area contributed by atoms with E-state index >= 15 is 0 Å². The van der Waals surface area contributed by atoms with Crippen LogP contribution in [0.15, 0.2) is 84.0 Å². The number of rotatable bonds is 4. The van der Waals surface area contributed by atoms with Gasteiger partial charge in [0.05, 0.1) is 0 Å². The quantitative estimate of drug-likeness (QED) is 0.543. The minimum absolute atomic E-state index is 0.0943. The zero-order chi connectivity index (χ0) is 20.2. The summed E-state index contributed by atoms with van der Waals surface area (Å²) in [5.74, 6) is 0.142. The summed E-state index contributed by atoms with van der Waals surface area (Å²) in [5, 5.41) is 10.1. The third kappa shape index (κ3) is 5.38. The first-order valence-electron chi connectivity index (χ1n) is 9.85. The van der Waals surface area contributed by atoms with Crippen LogP contribution in [0.25, 0.3) is 0 Å². The van der Waals surface area contributed by atoms with E-state index in [4.69, 9.17) is 0 Å². The van der Waals surface area contributed by atoms with Crippen LogP contribution in [0.2, 0.25) is 0 Å².